The number of nitrogens with zero attached hydrogens (tertiary/aromatic N) is 2. The van der Waals surface area contributed by atoms with Gasteiger partial charge in [0.15, 0.2) is 11.6 Å². The summed E-state index contributed by atoms with van der Waals surface area (Å²) >= 11 is 0. The first kappa shape index (κ1) is 21.2. The van der Waals surface area contributed by atoms with E-state index in [2.05, 4.69) is 21.4 Å². The van der Waals surface area contributed by atoms with Gasteiger partial charge in [0.2, 0.25) is 0 Å². The maximum Gasteiger partial charge on any atom is 0.186 e. The minimum atomic E-state index is -0.527. The molecular formula is C26H22N4O2. The number of benzene rings is 2. The molecule has 2 aromatic carbocycles. The molecule has 4 rings (SSSR count). The zero-order valence-corrected chi connectivity index (χ0v) is 17.6. The number of aromatic nitrogens is 2. The van der Waals surface area contributed by atoms with Crippen LogP contribution in [0.5, 0.6) is 0 Å². The molecule has 0 aliphatic rings. The number of fused-ring (bicyclic) bond motifs is 1. The van der Waals surface area contributed by atoms with Gasteiger partial charge in [0.05, 0.1) is 17.7 Å². The number of aromatic amines is 1. The first-order valence-corrected chi connectivity index (χ1v) is 10.4. The number of hydrogen-bond donors (Lipinski definition) is 2. The van der Waals surface area contributed by atoms with Crippen LogP contribution in [0, 0.1) is 11.3 Å². The average molecular weight is 422 g/mol. The molecule has 32 heavy (non-hydrogen) atoms. The van der Waals surface area contributed by atoms with Crippen molar-refractivity contribution in [3.63, 3.8) is 0 Å². The quantitative estimate of drug-likeness (QED) is 0.410. The summed E-state index contributed by atoms with van der Waals surface area (Å²) in [6.07, 6.45) is 2.38. The van der Waals surface area contributed by atoms with Gasteiger partial charge in [-0.3, -0.25) is 9.59 Å². The summed E-state index contributed by atoms with van der Waals surface area (Å²) in [5.74, 6) is -0.194. The number of Topliss-reactive ketones (excluding diaryl/α,β-unsaturated/α-hetero) is 2. The van der Waals surface area contributed by atoms with Crippen LogP contribution >= 0.6 is 0 Å². The SMILES string of the molecule is CC(=O)c1ccc2c(C(=O)C(NCCc3ccc(C#N)cc3)c3ccccc3)c[nH]c2n1. The Morgan fingerprint density at radius 3 is 2.50 bits per heavy atom. The van der Waals surface area contributed by atoms with Crippen molar-refractivity contribution in [3.8, 4) is 6.07 Å². The molecule has 0 saturated carbocycles. The maximum absolute atomic E-state index is 13.6. The standard InChI is InChI=1S/C26H22N4O2/c1-17(31)23-12-11-21-22(16-29-26(21)30-23)25(32)24(20-5-3-2-4-6-20)28-14-13-18-7-9-19(15-27)10-8-18/h2-12,16,24,28H,13-14H2,1H3,(H,29,30). The van der Waals surface area contributed by atoms with Crippen LogP contribution in [0.1, 0.15) is 50.5 Å². The van der Waals surface area contributed by atoms with Crippen LogP contribution in [0.2, 0.25) is 0 Å². The highest BCUT2D eigenvalue weighted by atomic mass is 16.1. The Hall–Kier alpha value is -4.08. The Morgan fingerprint density at radius 1 is 1.06 bits per heavy atom. The van der Waals surface area contributed by atoms with Gasteiger partial charge in [0.1, 0.15) is 11.3 Å². The molecule has 6 heteroatoms. The lowest BCUT2D eigenvalue weighted by Gasteiger charge is -2.18. The first-order valence-electron chi connectivity index (χ1n) is 10.4. The number of carbonyl (C=O) groups excluding carboxylic acids is 2. The molecule has 6 nitrogen and oxygen atoms in total. The van der Waals surface area contributed by atoms with E-state index < -0.39 is 6.04 Å². The lowest BCUT2D eigenvalue weighted by molar-refractivity contribution is 0.0944. The molecule has 2 N–H and O–H groups in total. The highest BCUT2D eigenvalue weighted by molar-refractivity contribution is 6.10. The van der Waals surface area contributed by atoms with Crippen molar-refractivity contribution in [2.45, 2.75) is 19.4 Å². The Labute approximate surface area is 185 Å². The molecule has 2 heterocycles. The number of nitrogens with one attached hydrogen (secondary N) is 2. The van der Waals surface area contributed by atoms with Crippen molar-refractivity contribution in [1.29, 1.82) is 5.26 Å². The van der Waals surface area contributed by atoms with Crippen molar-refractivity contribution in [2.75, 3.05) is 6.54 Å². The van der Waals surface area contributed by atoms with Gasteiger partial charge in [-0.25, -0.2) is 4.98 Å². The van der Waals surface area contributed by atoms with Crippen LogP contribution in [0.4, 0.5) is 0 Å². The minimum absolute atomic E-state index is 0.0698. The van der Waals surface area contributed by atoms with E-state index in [4.69, 9.17) is 5.26 Å². The molecule has 0 spiro atoms. The van der Waals surface area contributed by atoms with E-state index in [0.29, 0.717) is 34.4 Å². The van der Waals surface area contributed by atoms with Crippen molar-refractivity contribution >= 4 is 22.6 Å². The third-order valence-corrected chi connectivity index (χ3v) is 5.41. The number of nitriles is 1. The third kappa shape index (κ3) is 4.48. The molecule has 2 aromatic heterocycles. The van der Waals surface area contributed by atoms with E-state index in [1.165, 1.54) is 6.92 Å². The van der Waals surface area contributed by atoms with E-state index in [9.17, 15) is 9.59 Å². The van der Waals surface area contributed by atoms with Crippen molar-refractivity contribution in [3.05, 3.63) is 101 Å². The van der Waals surface area contributed by atoms with E-state index in [1.54, 1.807) is 30.5 Å². The van der Waals surface area contributed by atoms with Gasteiger partial charge in [0.25, 0.3) is 0 Å². The normalized spacial score (nSPS) is 11.8. The van der Waals surface area contributed by atoms with Crippen molar-refractivity contribution < 1.29 is 9.59 Å². The second-order valence-electron chi connectivity index (χ2n) is 7.57. The van der Waals surface area contributed by atoms with Crippen molar-refractivity contribution in [1.82, 2.24) is 15.3 Å². The van der Waals surface area contributed by atoms with Crippen LogP contribution < -0.4 is 5.32 Å². The van der Waals surface area contributed by atoms with Gasteiger partial charge in [-0.2, -0.15) is 5.26 Å². The summed E-state index contributed by atoms with van der Waals surface area (Å²) in [6.45, 7) is 2.05. The number of H-pyrrole nitrogens is 1. The minimum Gasteiger partial charge on any atom is -0.345 e. The number of pyridine rings is 1. The second-order valence-corrected chi connectivity index (χ2v) is 7.57. The highest BCUT2D eigenvalue weighted by Gasteiger charge is 2.24. The molecule has 0 fully saturated rings. The van der Waals surface area contributed by atoms with Gasteiger partial charge in [-0.1, -0.05) is 42.5 Å². The zero-order chi connectivity index (χ0) is 22.5. The number of carbonyl (C=O) groups is 2. The van der Waals surface area contributed by atoms with Gasteiger partial charge >= 0.3 is 0 Å². The molecule has 0 radical (unpaired) electrons. The van der Waals surface area contributed by atoms with Crippen LogP contribution in [0.3, 0.4) is 0 Å². The average Bonchev–Trinajstić information content (AvgIpc) is 3.26. The maximum atomic E-state index is 13.6. The molecule has 0 aliphatic heterocycles. The summed E-state index contributed by atoms with van der Waals surface area (Å²) < 4.78 is 0. The zero-order valence-electron chi connectivity index (χ0n) is 17.6. The molecular weight excluding hydrogens is 400 g/mol. The molecule has 1 unspecified atom stereocenters. The van der Waals surface area contributed by atoms with Gasteiger partial charge < -0.3 is 10.3 Å². The fraction of sp³-hybridized carbons (Fsp3) is 0.154. The lowest BCUT2D eigenvalue weighted by atomic mass is 9.97. The smallest absolute Gasteiger partial charge is 0.186 e. The monoisotopic (exact) mass is 422 g/mol. The molecule has 158 valence electrons. The molecule has 1 atom stereocenters. The first-order chi connectivity index (χ1) is 15.6. The summed E-state index contributed by atoms with van der Waals surface area (Å²) in [5.41, 5.74) is 4.00. The van der Waals surface area contributed by atoms with Gasteiger partial charge in [-0.15, -0.1) is 0 Å². The Bertz CT molecular complexity index is 1300. The molecule has 0 aliphatic carbocycles. The molecule has 0 bridgehead atoms. The largest absolute Gasteiger partial charge is 0.345 e. The lowest BCUT2D eigenvalue weighted by Crippen LogP contribution is -2.30. The number of hydrogen-bond acceptors (Lipinski definition) is 5. The molecule has 0 amide bonds. The highest BCUT2D eigenvalue weighted by Crippen LogP contribution is 2.24. The predicted molar refractivity (Wildman–Crippen MR) is 122 cm³/mol. The molecule has 4 aromatic rings. The van der Waals surface area contributed by atoms with Crippen LogP contribution in [0.15, 0.2) is 72.9 Å². The van der Waals surface area contributed by atoms with Crippen LogP contribution in [0.25, 0.3) is 11.0 Å². The third-order valence-electron chi connectivity index (χ3n) is 5.41. The Balaban J connectivity index is 1.57. The fourth-order valence-corrected chi connectivity index (χ4v) is 3.67. The predicted octanol–water partition coefficient (Wildman–Crippen LogP) is 4.39. The van der Waals surface area contributed by atoms with Crippen LogP contribution in [-0.2, 0) is 6.42 Å². The topological polar surface area (TPSA) is 98.6 Å². The summed E-state index contributed by atoms with van der Waals surface area (Å²) in [7, 11) is 0. The second kappa shape index (κ2) is 9.38. The summed E-state index contributed by atoms with van der Waals surface area (Å²) in [5, 5.41) is 13.0. The Morgan fingerprint density at radius 2 is 1.81 bits per heavy atom. The van der Waals surface area contributed by atoms with Crippen molar-refractivity contribution in [2.24, 2.45) is 0 Å². The van der Waals surface area contributed by atoms with Gasteiger partial charge in [0, 0.05) is 30.6 Å². The Kier molecular flexibility index (Phi) is 6.20. The van der Waals surface area contributed by atoms with E-state index in [-0.39, 0.29) is 11.6 Å². The molecule has 0 saturated heterocycles. The van der Waals surface area contributed by atoms with E-state index in [1.807, 2.05) is 42.5 Å². The number of rotatable bonds is 8. The van der Waals surface area contributed by atoms with E-state index >= 15 is 0 Å². The van der Waals surface area contributed by atoms with E-state index in [0.717, 1.165) is 17.5 Å². The number of ketones is 2. The van der Waals surface area contributed by atoms with Gasteiger partial charge in [-0.05, 0) is 41.8 Å². The van der Waals surface area contributed by atoms with Crippen LogP contribution in [-0.4, -0.2) is 28.1 Å². The fourth-order valence-electron chi connectivity index (χ4n) is 3.67. The summed E-state index contributed by atoms with van der Waals surface area (Å²) in [4.78, 5) is 32.5. The summed E-state index contributed by atoms with van der Waals surface area (Å²) in [6, 6.07) is 22.0.